The Balaban J connectivity index is 2.41. The van der Waals surface area contributed by atoms with E-state index in [0.717, 1.165) is 20.6 Å². The second kappa shape index (κ2) is 5.53. The molecule has 0 fully saturated rings. The molecule has 0 saturated carbocycles. The van der Waals surface area contributed by atoms with Gasteiger partial charge in [-0.2, -0.15) is 11.3 Å². The Hall–Kier alpha value is -0.350. The molecular formula is C13H13BrClNS. The highest BCUT2D eigenvalue weighted by Crippen LogP contribution is 2.34. The van der Waals surface area contributed by atoms with Crippen LogP contribution >= 0.6 is 38.9 Å². The van der Waals surface area contributed by atoms with Gasteiger partial charge in [-0.1, -0.05) is 23.7 Å². The van der Waals surface area contributed by atoms with Crippen LogP contribution in [0.3, 0.4) is 0 Å². The van der Waals surface area contributed by atoms with Gasteiger partial charge in [0.2, 0.25) is 0 Å². The minimum atomic E-state index is 0.266. The van der Waals surface area contributed by atoms with Crippen molar-refractivity contribution >= 4 is 38.9 Å². The quantitative estimate of drug-likeness (QED) is 0.824. The molecule has 0 saturated heterocycles. The summed E-state index contributed by atoms with van der Waals surface area (Å²) in [5.74, 6) is 0. The molecule has 1 nitrogen and oxygen atoms in total. The molecule has 0 aliphatic rings. The Morgan fingerprint density at radius 2 is 2.12 bits per heavy atom. The van der Waals surface area contributed by atoms with Gasteiger partial charge in [0.1, 0.15) is 0 Å². The molecule has 0 spiro atoms. The number of halogens is 2. The average Bonchev–Trinajstić information content (AvgIpc) is 2.74. The first kappa shape index (κ1) is 13.1. The zero-order valence-electron chi connectivity index (χ0n) is 9.63. The van der Waals surface area contributed by atoms with Gasteiger partial charge in [0.15, 0.2) is 0 Å². The van der Waals surface area contributed by atoms with E-state index in [4.69, 9.17) is 11.6 Å². The van der Waals surface area contributed by atoms with Crippen molar-refractivity contribution in [2.45, 2.75) is 13.0 Å². The summed E-state index contributed by atoms with van der Waals surface area (Å²) in [6.45, 7) is 2.10. The number of hydrogen-bond donors (Lipinski definition) is 1. The highest BCUT2D eigenvalue weighted by molar-refractivity contribution is 9.10. The Kier molecular flexibility index (Phi) is 4.26. The van der Waals surface area contributed by atoms with Crippen LogP contribution in [-0.4, -0.2) is 7.05 Å². The smallest absolute Gasteiger partial charge is 0.0459 e. The first-order chi connectivity index (χ1) is 8.13. The van der Waals surface area contributed by atoms with Crippen molar-refractivity contribution in [3.05, 3.63) is 44.0 Å². The Bertz CT molecular complexity index is 524. The highest BCUT2D eigenvalue weighted by Gasteiger charge is 2.10. The van der Waals surface area contributed by atoms with E-state index in [0.29, 0.717) is 0 Å². The molecule has 17 heavy (non-hydrogen) atoms. The van der Waals surface area contributed by atoms with E-state index in [1.54, 1.807) is 11.3 Å². The molecule has 1 heterocycles. The van der Waals surface area contributed by atoms with Gasteiger partial charge in [0, 0.05) is 26.5 Å². The highest BCUT2D eigenvalue weighted by atomic mass is 79.9. The van der Waals surface area contributed by atoms with Crippen molar-refractivity contribution in [3.8, 4) is 11.1 Å². The minimum Gasteiger partial charge on any atom is -0.313 e. The molecule has 0 radical (unpaired) electrons. The van der Waals surface area contributed by atoms with Crippen LogP contribution in [0.1, 0.15) is 18.5 Å². The molecule has 2 aromatic rings. The fraction of sp³-hybridized carbons (Fsp3) is 0.231. The van der Waals surface area contributed by atoms with Crippen LogP contribution in [0, 0.1) is 0 Å². The largest absolute Gasteiger partial charge is 0.313 e. The van der Waals surface area contributed by atoms with E-state index in [2.05, 4.69) is 51.1 Å². The second-order valence-corrected chi connectivity index (χ2v) is 5.89. The second-order valence-electron chi connectivity index (χ2n) is 3.88. The van der Waals surface area contributed by atoms with Gasteiger partial charge < -0.3 is 5.32 Å². The summed E-state index contributed by atoms with van der Waals surface area (Å²) in [5.41, 5.74) is 3.47. The van der Waals surface area contributed by atoms with Crippen LogP contribution in [0.4, 0.5) is 0 Å². The molecule has 1 aromatic heterocycles. The molecule has 0 bridgehead atoms. The van der Waals surface area contributed by atoms with E-state index in [9.17, 15) is 0 Å². The maximum Gasteiger partial charge on any atom is 0.0459 e. The van der Waals surface area contributed by atoms with Crippen LogP contribution in [-0.2, 0) is 0 Å². The fourth-order valence-electron chi connectivity index (χ4n) is 1.69. The lowest BCUT2D eigenvalue weighted by molar-refractivity contribution is 0.652. The summed E-state index contributed by atoms with van der Waals surface area (Å²) >= 11 is 11.5. The van der Waals surface area contributed by atoms with E-state index in [-0.39, 0.29) is 6.04 Å². The SMILES string of the molecule is CNC(C)c1ccc(-c2cscc2Br)cc1Cl. The molecule has 2 rings (SSSR count). The number of nitrogens with one attached hydrogen (secondary N) is 1. The topological polar surface area (TPSA) is 12.0 Å². The molecule has 0 aliphatic carbocycles. The van der Waals surface area contributed by atoms with Gasteiger partial charge in [-0.05, 0) is 52.5 Å². The molecule has 1 aromatic carbocycles. The lowest BCUT2D eigenvalue weighted by Gasteiger charge is -2.13. The van der Waals surface area contributed by atoms with Gasteiger partial charge in [0.05, 0.1) is 0 Å². The number of benzene rings is 1. The molecule has 1 unspecified atom stereocenters. The Labute approximate surface area is 119 Å². The fourth-order valence-corrected chi connectivity index (χ4v) is 3.57. The number of thiophene rings is 1. The van der Waals surface area contributed by atoms with Gasteiger partial charge in [-0.25, -0.2) is 0 Å². The first-order valence-corrected chi connectivity index (χ1v) is 7.43. The van der Waals surface area contributed by atoms with Crippen LogP contribution in [0.2, 0.25) is 5.02 Å². The van der Waals surface area contributed by atoms with Crippen LogP contribution in [0.5, 0.6) is 0 Å². The lowest BCUT2D eigenvalue weighted by atomic mass is 10.0. The van der Waals surface area contributed by atoms with E-state index >= 15 is 0 Å². The van der Waals surface area contributed by atoms with Gasteiger partial charge in [-0.3, -0.25) is 0 Å². The molecular weight excluding hydrogens is 318 g/mol. The van der Waals surface area contributed by atoms with Crippen molar-refractivity contribution in [1.82, 2.24) is 5.32 Å². The summed E-state index contributed by atoms with van der Waals surface area (Å²) < 4.78 is 1.12. The number of rotatable bonds is 3. The van der Waals surface area contributed by atoms with Gasteiger partial charge in [0.25, 0.3) is 0 Å². The van der Waals surface area contributed by atoms with E-state index in [1.165, 1.54) is 5.56 Å². The molecule has 0 aliphatic heterocycles. The maximum atomic E-state index is 6.32. The number of hydrogen-bond acceptors (Lipinski definition) is 2. The normalized spacial score (nSPS) is 12.7. The van der Waals surface area contributed by atoms with Crippen molar-refractivity contribution in [2.24, 2.45) is 0 Å². The zero-order chi connectivity index (χ0) is 12.4. The third-order valence-corrected chi connectivity index (χ3v) is 4.86. The predicted molar refractivity (Wildman–Crippen MR) is 79.9 cm³/mol. The third-order valence-electron chi connectivity index (χ3n) is 2.83. The Morgan fingerprint density at radius 1 is 1.35 bits per heavy atom. The lowest BCUT2D eigenvalue weighted by Crippen LogP contribution is -2.12. The standard InChI is InChI=1S/C13H13BrClNS/c1-8(16-2)10-4-3-9(5-13(10)15)11-6-17-7-12(11)14/h3-8,16H,1-2H3. The van der Waals surface area contributed by atoms with Crippen molar-refractivity contribution in [1.29, 1.82) is 0 Å². The van der Waals surface area contributed by atoms with E-state index < -0.39 is 0 Å². The van der Waals surface area contributed by atoms with Gasteiger partial charge in [-0.15, -0.1) is 0 Å². The van der Waals surface area contributed by atoms with Crippen molar-refractivity contribution in [3.63, 3.8) is 0 Å². The molecule has 0 amide bonds. The molecule has 90 valence electrons. The first-order valence-electron chi connectivity index (χ1n) is 5.32. The molecule has 1 N–H and O–H groups in total. The minimum absolute atomic E-state index is 0.266. The third kappa shape index (κ3) is 2.74. The summed E-state index contributed by atoms with van der Waals surface area (Å²) in [6, 6.07) is 6.49. The molecule has 1 atom stereocenters. The van der Waals surface area contributed by atoms with Crippen LogP contribution in [0.25, 0.3) is 11.1 Å². The molecule has 4 heteroatoms. The summed E-state index contributed by atoms with van der Waals surface area (Å²) in [4.78, 5) is 0. The maximum absolute atomic E-state index is 6.32. The zero-order valence-corrected chi connectivity index (χ0v) is 12.8. The van der Waals surface area contributed by atoms with Gasteiger partial charge >= 0.3 is 0 Å². The predicted octanol–water partition coefficient (Wildman–Crippen LogP) is 5.11. The summed E-state index contributed by atoms with van der Waals surface area (Å²) in [5, 5.41) is 8.20. The Morgan fingerprint density at radius 3 is 2.65 bits per heavy atom. The summed E-state index contributed by atoms with van der Waals surface area (Å²) in [6.07, 6.45) is 0. The van der Waals surface area contributed by atoms with Crippen molar-refractivity contribution in [2.75, 3.05) is 7.05 Å². The monoisotopic (exact) mass is 329 g/mol. The average molecular weight is 331 g/mol. The van der Waals surface area contributed by atoms with Crippen molar-refractivity contribution < 1.29 is 0 Å². The van der Waals surface area contributed by atoms with Crippen LogP contribution in [0.15, 0.2) is 33.4 Å². The summed E-state index contributed by atoms with van der Waals surface area (Å²) in [7, 11) is 1.93. The van der Waals surface area contributed by atoms with E-state index in [1.807, 2.05) is 13.1 Å². The van der Waals surface area contributed by atoms with Crippen LogP contribution < -0.4 is 5.32 Å².